The Balaban J connectivity index is 1.57. The molecule has 2 fully saturated rings. The Bertz CT molecular complexity index is 484. The smallest absolute Gasteiger partial charge is 0.223 e. The lowest BCUT2D eigenvalue weighted by atomic mass is 9.67. The number of hydrogen-bond acceptors (Lipinski definition) is 3. The summed E-state index contributed by atoms with van der Waals surface area (Å²) >= 11 is 0. The van der Waals surface area contributed by atoms with Crippen LogP contribution in [0.2, 0.25) is 0 Å². The van der Waals surface area contributed by atoms with Gasteiger partial charge in [-0.2, -0.15) is 0 Å². The van der Waals surface area contributed by atoms with Crippen LogP contribution in [0.3, 0.4) is 0 Å². The molecule has 1 aromatic heterocycles. The molecule has 3 atom stereocenters. The van der Waals surface area contributed by atoms with E-state index in [1.807, 2.05) is 12.1 Å². The Morgan fingerprint density at radius 2 is 2.05 bits per heavy atom. The third-order valence-electron chi connectivity index (χ3n) is 4.61. The molecule has 1 unspecified atom stereocenters. The summed E-state index contributed by atoms with van der Waals surface area (Å²) in [5.41, 5.74) is 1.01. The first kappa shape index (κ1) is 13.3. The van der Waals surface area contributed by atoms with Crippen molar-refractivity contribution in [3.05, 3.63) is 30.1 Å². The second-order valence-electron chi connectivity index (χ2n) is 5.97. The van der Waals surface area contributed by atoms with E-state index in [2.05, 4.69) is 10.3 Å². The van der Waals surface area contributed by atoms with E-state index in [4.69, 9.17) is 0 Å². The molecule has 2 aliphatic rings. The molecule has 20 heavy (non-hydrogen) atoms. The number of amides is 1. The molecule has 2 aliphatic carbocycles. The first-order valence-corrected chi connectivity index (χ1v) is 7.44. The van der Waals surface area contributed by atoms with E-state index in [9.17, 15) is 9.59 Å². The normalized spacial score (nSPS) is 29.0. The highest BCUT2D eigenvalue weighted by atomic mass is 16.2. The summed E-state index contributed by atoms with van der Waals surface area (Å²) < 4.78 is 0. The Hall–Kier alpha value is -1.71. The second kappa shape index (κ2) is 5.73. The average Bonchev–Trinajstić information content (AvgIpc) is 2.45. The molecule has 1 aromatic rings. The van der Waals surface area contributed by atoms with Gasteiger partial charge in [0, 0.05) is 36.7 Å². The number of aromatic nitrogens is 1. The second-order valence-corrected chi connectivity index (χ2v) is 5.97. The van der Waals surface area contributed by atoms with Gasteiger partial charge in [0.15, 0.2) is 0 Å². The number of pyridine rings is 1. The third kappa shape index (κ3) is 2.74. The van der Waals surface area contributed by atoms with Gasteiger partial charge in [0.1, 0.15) is 5.78 Å². The van der Waals surface area contributed by atoms with Crippen LogP contribution in [0, 0.1) is 17.8 Å². The predicted molar refractivity (Wildman–Crippen MR) is 74.6 cm³/mol. The van der Waals surface area contributed by atoms with E-state index in [1.54, 1.807) is 12.4 Å². The summed E-state index contributed by atoms with van der Waals surface area (Å²) in [4.78, 5) is 28.3. The van der Waals surface area contributed by atoms with E-state index in [0.29, 0.717) is 12.3 Å². The maximum Gasteiger partial charge on any atom is 0.223 e. The van der Waals surface area contributed by atoms with Crippen LogP contribution in [0.25, 0.3) is 0 Å². The molecule has 2 saturated carbocycles. The third-order valence-corrected chi connectivity index (χ3v) is 4.61. The lowest BCUT2D eigenvalue weighted by Gasteiger charge is -2.36. The number of hydrogen-bond donors (Lipinski definition) is 1. The van der Waals surface area contributed by atoms with Crippen LogP contribution in [0.4, 0.5) is 0 Å². The first-order valence-electron chi connectivity index (χ1n) is 7.44. The molecule has 1 amide bonds. The predicted octanol–water partition coefficient (Wildman–Crippen LogP) is 2.09. The molecule has 106 valence electrons. The zero-order chi connectivity index (χ0) is 13.9. The van der Waals surface area contributed by atoms with Crippen LogP contribution in [0.5, 0.6) is 0 Å². The van der Waals surface area contributed by atoms with E-state index >= 15 is 0 Å². The van der Waals surface area contributed by atoms with Crippen LogP contribution < -0.4 is 5.32 Å². The number of rotatable bonds is 3. The topological polar surface area (TPSA) is 59.1 Å². The lowest BCUT2D eigenvalue weighted by Crippen LogP contribution is -2.42. The number of carbonyl (C=O) groups is 2. The minimum atomic E-state index is 0.0136. The molecule has 0 radical (unpaired) electrons. The van der Waals surface area contributed by atoms with Gasteiger partial charge in [-0.15, -0.1) is 0 Å². The van der Waals surface area contributed by atoms with Gasteiger partial charge >= 0.3 is 0 Å². The van der Waals surface area contributed by atoms with Gasteiger partial charge in [-0.1, -0.05) is 12.5 Å². The van der Waals surface area contributed by atoms with Gasteiger partial charge in [-0.3, -0.25) is 14.6 Å². The average molecular weight is 272 g/mol. The molecular formula is C16H20N2O2. The Labute approximate surface area is 119 Å². The molecule has 0 saturated heterocycles. The van der Waals surface area contributed by atoms with Gasteiger partial charge in [0.25, 0.3) is 0 Å². The summed E-state index contributed by atoms with van der Waals surface area (Å²) in [6.07, 6.45) is 8.07. The van der Waals surface area contributed by atoms with Gasteiger partial charge in [-0.25, -0.2) is 0 Å². The zero-order valence-electron chi connectivity index (χ0n) is 11.5. The van der Waals surface area contributed by atoms with Crippen LogP contribution in [-0.2, 0) is 16.1 Å². The van der Waals surface area contributed by atoms with Crippen molar-refractivity contribution in [3.63, 3.8) is 0 Å². The first-order chi connectivity index (χ1) is 9.74. The molecule has 1 N–H and O–H groups in total. The van der Waals surface area contributed by atoms with Gasteiger partial charge in [0.05, 0.1) is 0 Å². The zero-order valence-corrected chi connectivity index (χ0v) is 11.5. The lowest BCUT2D eigenvalue weighted by molar-refractivity contribution is -0.137. The number of ketones is 1. The maximum absolute atomic E-state index is 12.3. The summed E-state index contributed by atoms with van der Waals surface area (Å²) in [5, 5.41) is 2.98. The van der Waals surface area contributed by atoms with Gasteiger partial charge in [-0.05, 0) is 37.3 Å². The summed E-state index contributed by atoms with van der Waals surface area (Å²) in [7, 11) is 0. The Morgan fingerprint density at radius 1 is 1.30 bits per heavy atom. The van der Waals surface area contributed by atoms with Crippen LogP contribution in [0.15, 0.2) is 24.5 Å². The Morgan fingerprint density at radius 3 is 2.70 bits per heavy atom. The van der Waals surface area contributed by atoms with E-state index in [-0.39, 0.29) is 23.7 Å². The summed E-state index contributed by atoms with van der Waals surface area (Å²) in [6, 6.07) is 3.82. The van der Waals surface area contributed by atoms with Crippen LogP contribution in [0.1, 0.15) is 37.7 Å². The van der Waals surface area contributed by atoms with Gasteiger partial charge < -0.3 is 5.32 Å². The molecule has 0 aliphatic heterocycles. The SMILES string of the molecule is O=C(NCc1cccnc1)C1C[C@H]2CCC[C@@H](C1)C2=O. The van der Waals surface area contributed by atoms with Crippen molar-refractivity contribution in [2.45, 2.75) is 38.6 Å². The van der Waals surface area contributed by atoms with E-state index in [0.717, 1.165) is 37.7 Å². The van der Waals surface area contributed by atoms with Crippen LogP contribution >= 0.6 is 0 Å². The summed E-state index contributed by atoms with van der Waals surface area (Å²) in [5.74, 6) is 0.791. The van der Waals surface area contributed by atoms with Crippen LogP contribution in [-0.4, -0.2) is 16.7 Å². The van der Waals surface area contributed by atoms with Crippen molar-refractivity contribution in [2.24, 2.45) is 17.8 Å². The number of nitrogens with one attached hydrogen (secondary N) is 1. The Kier molecular flexibility index (Phi) is 3.81. The largest absolute Gasteiger partial charge is 0.352 e. The van der Waals surface area contributed by atoms with Crippen molar-refractivity contribution >= 4 is 11.7 Å². The maximum atomic E-state index is 12.3. The fraction of sp³-hybridized carbons (Fsp3) is 0.562. The minimum Gasteiger partial charge on any atom is -0.352 e. The van der Waals surface area contributed by atoms with Gasteiger partial charge in [0.2, 0.25) is 5.91 Å². The molecular weight excluding hydrogens is 252 g/mol. The van der Waals surface area contributed by atoms with Crippen molar-refractivity contribution < 1.29 is 9.59 Å². The fourth-order valence-corrected chi connectivity index (χ4v) is 3.53. The highest BCUT2D eigenvalue weighted by Crippen LogP contribution is 2.40. The number of fused-ring (bicyclic) bond motifs is 2. The van der Waals surface area contributed by atoms with Crippen molar-refractivity contribution in [1.82, 2.24) is 10.3 Å². The quantitative estimate of drug-likeness (QED) is 0.916. The van der Waals surface area contributed by atoms with Crippen molar-refractivity contribution in [1.29, 1.82) is 0 Å². The number of nitrogens with zero attached hydrogens (tertiary/aromatic N) is 1. The molecule has 3 rings (SSSR count). The molecule has 0 spiro atoms. The molecule has 4 nitrogen and oxygen atoms in total. The standard InChI is InChI=1S/C16H20N2O2/c19-15-12-4-1-5-13(15)8-14(7-12)16(20)18-10-11-3-2-6-17-9-11/h2-3,6,9,12-14H,1,4-5,7-8,10H2,(H,18,20)/t12-,13+,14?. The molecule has 1 heterocycles. The number of Topliss-reactive ketones (excluding diaryl/α,β-unsaturated/α-hetero) is 1. The molecule has 0 aromatic carbocycles. The molecule has 4 heteroatoms. The minimum absolute atomic E-state index is 0.0136. The van der Waals surface area contributed by atoms with Crippen molar-refractivity contribution in [3.8, 4) is 0 Å². The highest BCUT2D eigenvalue weighted by Gasteiger charge is 2.41. The van der Waals surface area contributed by atoms with E-state index in [1.165, 1.54) is 0 Å². The van der Waals surface area contributed by atoms with E-state index < -0.39 is 0 Å². The molecule has 2 bridgehead atoms. The summed E-state index contributed by atoms with van der Waals surface area (Å²) in [6.45, 7) is 0.520. The monoisotopic (exact) mass is 272 g/mol. The van der Waals surface area contributed by atoms with Crippen molar-refractivity contribution in [2.75, 3.05) is 0 Å². The highest BCUT2D eigenvalue weighted by molar-refractivity contribution is 5.88. The number of carbonyl (C=O) groups excluding carboxylic acids is 2. The fourth-order valence-electron chi connectivity index (χ4n) is 3.53.